The number of nitro groups is 1. The predicted octanol–water partition coefficient (Wildman–Crippen LogP) is 1.32. The molecule has 5 unspecified atom stereocenters. The van der Waals surface area contributed by atoms with Gasteiger partial charge in [0.15, 0.2) is 11.6 Å². The molecule has 2 saturated heterocycles. The second-order valence-electron chi connectivity index (χ2n) is 6.68. The van der Waals surface area contributed by atoms with Gasteiger partial charge < -0.3 is 18.9 Å². The molecular formula is C13H21NO6. The minimum Gasteiger partial charge on any atom is -0.348 e. The summed E-state index contributed by atoms with van der Waals surface area (Å²) in [6.07, 6.45) is -0.320. The van der Waals surface area contributed by atoms with Crippen LogP contribution in [0.5, 0.6) is 0 Å². The lowest BCUT2D eigenvalue weighted by Gasteiger charge is -2.23. The van der Waals surface area contributed by atoms with Crippen molar-refractivity contribution in [3.8, 4) is 0 Å². The van der Waals surface area contributed by atoms with Crippen molar-refractivity contribution in [3.63, 3.8) is 0 Å². The molecule has 3 fully saturated rings. The summed E-state index contributed by atoms with van der Waals surface area (Å²) in [5.74, 6) is -1.48. The van der Waals surface area contributed by atoms with Gasteiger partial charge in [-0.05, 0) is 27.7 Å². The van der Waals surface area contributed by atoms with Crippen LogP contribution in [0.15, 0.2) is 0 Å². The Bertz CT molecular complexity index is 423. The normalized spacial score (nSPS) is 45.5. The first-order chi connectivity index (χ1) is 9.19. The quantitative estimate of drug-likeness (QED) is 0.575. The van der Waals surface area contributed by atoms with E-state index in [1.54, 1.807) is 0 Å². The van der Waals surface area contributed by atoms with Gasteiger partial charge in [-0.15, -0.1) is 0 Å². The van der Waals surface area contributed by atoms with E-state index in [1.807, 2.05) is 27.7 Å². The summed E-state index contributed by atoms with van der Waals surface area (Å²) in [6.45, 7) is 7.76. The molecule has 114 valence electrons. The highest BCUT2D eigenvalue weighted by atomic mass is 16.8. The van der Waals surface area contributed by atoms with Crippen LogP contribution in [0, 0.1) is 16.0 Å². The zero-order valence-electron chi connectivity index (χ0n) is 12.2. The van der Waals surface area contributed by atoms with Crippen LogP contribution in [0.4, 0.5) is 0 Å². The molecule has 0 aromatic carbocycles. The lowest BCUT2D eigenvalue weighted by atomic mass is 10.0. The molecule has 0 radical (unpaired) electrons. The van der Waals surface area contributed by atoms with Gasteiger partial charge in [-0.1, -0.05) is 0 Å². The minimum absolute atomic E-state index is 0.0934. The van der Waals surface area contributed by atoms with Crippen molar-refractivity contribution >= 4 is 0 Å². The lowest BCUT2D eigenvalue weighted by Crippen LogP contribution is -2.40. The number of ether oxygens (including phenoxy) is 4. The third-order valence-electron chi connectivity index (χ3n) is 4.06. The smallest absolute Gasteiger partial charge is 0.219 e. The van der Waals surface area contributed by atoms with Gasteiger partial charge in [0.1, 0.15) is 12.2 Å². The van der Waals surface area contributed by atoms with Gasteiger partial charge in [-0.3, -0.25) is 10.1 Å². The summed E-state index contributed by atoms with van der Waals surface area (Å²) in [7, 11) is 0. The molecule has 2 heterocycles. The van der Waals surface area contributed by atoms with Crippen LogP contribution in [-0.2, 0) is 18.9 Å². The van der Waals surface area contributed by atoms with Crippen molar-refractivity contribution in [3.05, 3.63) is 10.1 Å². The molecule has 0 aromatic heterocycles. The first-order valence-corrected chi connectivity index (χ1v) is 6.99. The van der Waals surface area contributed by atoms with E-state index in [0.717, 1.165) is 0 Å². The van der Waals surface area contributed by atoms with Gasteiger partial charge in [0, 0.05) is 11.3 Å². The fourth-order valence-electron chi connectivity index (χ4n) is 3.11. The van der Waals surface area contributed by atoms with E-state index in [0.29, 0.717) is 13.0 Å². The van der Waals surface area contributed by atoms with Gasteiger partial charge in [0.05, 0.1) is 18.6 Å². The Morgan fingerprint density at radius 3 is 2.20 bits per heavy atom. The maximum Gasteiger partial charge on any atom is 0.219 e. The fraction of sp³-hybridized carbons (Fsp3) is 1.00. The Balaban J connectivity index is 1.73. The van der Waals surface area contributed by atoms with Crippen LogP contribution in [0.25, 0.3) is 0 Å². The van der Waals surface area contributed by atoms with Gasteiger partial charge >= 0.3 is 0 Å². The van der Waals surface area contributed by atoms with Crippen molar-refractivity contribution in [2.24, 2.45) is 5.92 Å². The molecule has 20 heavy (non-hydrogen) atoms. The Labute approximate surface area is 117 Å². The average Bonchev–Trinajstić information content (AvgIpc) is 2.94. The van der Waals surface area contributed by atoms with Crippen molar-refractivity contribution in [2.45, 2.75) is 70.0 Å². The third kappa shape index (κ3) is 2.55. The van der Waals surface area contributed by atoms with Gasteiger partial charge in [0.2, 0.25) is 6.04 Å². The summed E-state index contributed by atoms with van der Waals surface area (Å²) in [6, 6.07) is -0.518. The molecule has 7 heteroatoms. The SMILES string of the molecule is CC1(C)OCC(C2OC(C)(C)OC2C2CC2[N+](=O)[O-])O1. The zero-order chi connectivity index (χ0) is 14.7. The summed E-state index contributed by atoms with van der Waals surface area (Å²) >= 11 is 0. The second-order valence-corrected chi connectivity index (χ2v) is 6.68. The topological polar surface area (TPSA) is 80.1 Å². The summed E-state index contributed by atoms with van der Waals surface area (Å²) in [4.78, 5) is 10.6. The van der Waals surface area contributed by atoms with E-state index in [2.05, 4.69) is 0 Å². The first-order valence-electron chi connectivity index (χ1n) is 6.99. The van der Waals surface area contributed by atoms with Crippen LogP contribution >= 0.6 is 0 Å². The summed E-state index contributed by atoms with van der Waals surface area (Å²) in [5, 5.41) is 10.9. The first kappa shape index (κ1) is 14.2. The highest BCUT2D eigenvalue weighted by Gasteiger charge is 2.62. The molecule has 1 saturated carbocycles. The van der Waals surface area contributed by atoms with E-state index in [4.69, 9.17) is 18.9 Å². The molecule has 5 atom stereocenters. The van der Waals surface area contributed by atoms with Crippen LogP contribution in [0.1, 0.15) is 34.1 Å². The standard InChI is InChI=1S/C13H21NO6/c1-12(2)17-6-9(18-12)11-10(19-13(3,4)20-11)7-5-8(7)14(15)16/h7-11H,5-6H2,1-4H3. The van der Waals surface area contributed by atoms with Crippen LogP contribution in [0.3, 0.4) is 0 Å². The molecule has 0 aromatic rings. The maximum absolute atomic E-state index is 10.9. The highest BCUT2D eigenvalue weighted by molar-refractivity contribution is 5.02. The van der Waals surface area contributed by atoms with Crippen LogP contribution in [0.2, 0.25) is 0 Å². The Morgan fingerprint density at radius 2 is 1.70 bits per heavy atom. The molecule has 3 rings (SSSR count). The monoisotopic (exact) mass is 287 g/mol. The van der Waals surface area contributed by atoms with Crippen LogP contribution < -0.4 is 0 Å². The van der Waals surface area contributed by atoms with Crippen molar-refractivity contribution < 1.29 is 23.9 Å². The average molecular weight is 287 g/mol. The molecule has 0 amide bonds. The van der Waals surface area contributed by atoms with E-state index in [1.165, 1.54) is 0 Å². The molecule has 1 aliphatic carbocycles. The molecule has 0 spiro atoms. The molecule has 7 nitrogen and oxygen atoms in total. The van der Waals surface area contributed by atoms with Gasteiger partial charge in [-0.25, -0.2) is 0 Å². The summed E-state index contributed by atoms with van der Waals surface area (Å²) < 4.78 is 23.2. The van der Waals surface area contributed by atoms with Crippen molar-refractivity contribution in [1.82, 2.24) is 0 Å². The van der Waals surface area contributed by atoms with E-state index in [9.17, 15) is 10.1 Å². The number of hydrogen-bond donors (Lipinski definition) is 0. The van der Waals surface area contributed by atoms with Gasteiger partial charge in [0.25, 0.3) is 0 Å². The van der Waals surface area contributed by atoms with E-state index in [-0.39, 0.29) is 29.2 Å². The molecular weight excluding hydrogens is 266 g/mol. The third-order valence-corrected chi connectivity index (χ3v) is 4.06. The molecule has 0 N–H and O–H groups in total. The number of hydrogen-bond acceptors (Lipinski definition) is 6. The van der Waals surface area contributed by atoms with Gasteiger partial charge in [-0.2, -0.15) is 0 Å². The molecule has 0 bridgehead atoms. The lowest BCUT2D eigenvalue weighted by molar-refractivity contribution is -0.499. The zero-order valence-corrected chi connectivity index (χ0v) is 12.2. The Hall–Kier alpha value is -0.760. The highest BCUT2D eigenvalue weighted by Crippen LogP contribution is 2.47. The fourth-order valence-corrected chi connectivity index (χ4v) is 3.11. The Morgan fingerprint density at radius 1 is 1.05 bits per heavy atom. The van der Waals surface area contributed by atoms with Crippen molar-refractivity contribution in [2.75, 3.05) is 6.61 Å². The van der Waals surface area contributed by atoms with Crippen LogP contribution in [-0.4, -0.2) is 47.5 Å². The minimum atomic E-state index is -0.741. The largest absolute Gasteiger partial charge is 0.348 e. The summed E-state index contributed by atoms with van der Waals surface area (Å²) in [5.41, 5.74) is 0. The van der Waals surface area contributed by atoms with Crippen molar-refractivity contribution in [1.29, 1.82) is 0 Å². The number of rotatable bonds is 3. The molecule has 3 aliphatic rings. The van der Waals surface area contributed by atoms with E-state index < -0.39 is 17.6 Å². The number of nitrogens with zero attached hydrogens (tertiary/aromatic N) is 1. The Kier molecular flexibility index (Phi) is 3.10. The second kappa shape index (κ2) is 4.37. The predicted molar refractivity (Wildman–Crippen MR) is 67.6 cm³/mol. The van der Waals surface area contributed by atoms with E-state index >= 15 is 0 Å². The maximum atomic E-state index is 10.9. The molecule has 2 aliphatic heterocycles.